The zero-order valence-electron chi connectivity index (χ0n) is 14.4. The first-order chi connectivity index (χ1) is 12.6. The normalized spacial score (nSPS) is 14.5. The number of halogens is 1. The van der Waals surface area contributed by atoms with Gasteiger partial charge in [0.25, 0.3) is 5.91 Å². The third-order valence-electron chi connectivity index (χ3n) is 4.45. The van der Waals surface area contributed by atoms with Gasteiger partial charge in [-0.25, -0.2) is 4.79 Å². The lowest BCUT2D eigenvalue weighted by Crippen LogP contribution is -2.36. The van der Waals surface area contributed by atoms with E-state index in [0.29, 0.717) is 16.9 Å². The molecular weight excluding hydrogens is 394 g/mol. The minimum absolute atomic E-state index is 0.0530. The number of benzene rings is 2. The van der Waals surface area contributed by atoms with E-state index < -0.39 is 0 Å². The fourth-order valence-corrected chi connectivity index (χ4v) is 3.31. The van der Waals surface area contributed by atoms with E-state index >= 15 is 0 Å². The van der Waals surface area contributed by atoms with Crippen molar-refractivity contribution in [2.24, 2.45) is 0 Å². The summed E-state index contributed by atoms with van der Waals surface area (Å²) in [5.74, 6) is -0.0530. The number of anilines is 2. The summed E-state index contributed by atoms with van der Waals surface area (Å²) in [5.41, 5.74) is 1.94. The lowest BCUT2D eigenvalue weighted by Gasteiger charge is -2.22. The van der Waals surface area contributed by atoms with E-state index in [0.717, 1.165) is 17.3 Å². The van der Waals surface area contributed by atoms with Gasteiger partial charge in [0.05, 0.1) is 0 Å². The summed E-state index contributed by atoms with van der Waals surface area (Å²) in [5, 5.41) is 8.61. The highest BCUT2D eigenvalue weighted by Gasteiger charge is 2.16. The summed E-state index contributed by atoms with van der Waals surface area (Å²) in [6, 6.07) is 14.2. The molecule has 0 radical (unpaired) electrons. The van der Waals surface area contributed by atoms with Crippen LogP contribution in [-0.2, 0) is 0 Å². The molecule has 0 atom stereocenters. The predicted octanol–water partition coefficient (Wildman–Crippen LogP) is 5.16. The van der Waals surface area contributed by atoms with Crippen LogP contribution in [0, 0.1) is 0 Å². The standard InChI is InChI=1S/C20H22BrN3O2/c21-15-8-12-18(13-9-15)24-20(26)23-17-10-6-14(7-11-17)19(25)22-16-4-2-1-3-5-16/h6-13,16H,1-5H2,(H,22,25)(H2,23,24,26). The second-order valence-electron chi connectivity index (χ2n) is 6.47. The highest BCUT2D eigenvalue weighted by molar-refractivity contribution is 9.10. The van der Waals surface area contributed by atoms with E-state index in [1.807, 2.05) is 24.3 Å². The molecular formula is C20H22BrN3O2. The Morgan fingerprint density at radius 2 is 1.35 bits per heavy atom. The Hall–Kier alpha value is -2.34. The Morgan fingerprint density at radius 3 is 1.92 bits per heavy atom. The van der Waals surface area contributed by atoms with Gasteiger partial charge in [0.2, 0.25) is 0 Å². The topological polar surface area (TPSA) is 70.2 Å². The molecule has 5 nitrogen and oxygen atoms in total. The van der Waals surface area contributed by atoms with Crippen LogP contribution in [0.2, 0.25) is 0 Å². The molecule has 3 amide bonds. The smallest absolute Gasteiger partial charge is 0.323 e. The van der Waals surface area contributed by atoms with Gasteiger partial charge >= 0.3 is 6.03 Å². The van der Waals surface area contributed by atoms with Gasteiger partial charge in [0, 0.05) is 27.5 Å². The maximum absolute atomic E-state index is 12.3. The Morgan fingerprint density at radius 1 is 0.808 bits per heavy atom. The van der Waals surface area contributed by atoms with Crippen LogP contribution in [0.4, 0.5) is 16.2 Å². The number of carbonyl (C=O) groups excluding carboxylic acids is 2. The molecule has 0 unspecified atom stereocenters. The van der Waals surface area contributed by atoms with Crippen molar-refractivity contribution in [2.75, 3.05) is 10.6 Å². The highest BCUT2D eigenvalue weighted by atomic mass is 79.9. The third-order valence-corrected chi connectivity index (χ3v) is 4.98. The molecule has 1 aliphatic rings. The lowest BCUT2D eigenvalue weighted by atomic mass is 9.95. The molecule has 0 aromatic heterocycles. The molecule has 1 saturated carbocycles. The van der Waals surface area contributed by atoms with Crippen molar-refractivity contribution in [1.29, 1.82) is 0 Å². The number of hydrogen-bond acceptors (Lipinski definition) is 2. The average molecular weight is 416 g/mol. The monoisotopic (exact) mass is 415 g/mol. The maximum Gasteiger partial charge on any atom is 0.323 e. The molecule has 136 valence electrons. The number of urea groups is 1. The Bertz CT molecular complexity index is 754. The summed E-state index contributed by atoms with van der Waals surface area (Å²) in [4.78, 5) is 24.3. The second kappa shape index (κ2) is 8.85. The van der Waals surface area contributed by atoms with Gasteiger partial charge in [-0.3, -0.25) is 4.79 Å². The van der Waals surface area contributed by atoms with Gasteiger partial charge in [-0.05, 0) is 61.4 Å². The zero-order valence-corrected chi connectivity index (χ0v) is 16.0. The van der Waals surface area contributed by atoms with Gasteiger partial charge in [-0.15, -0.1) is 0 Å². The van der Waals surface area contributed by atoms with Crippen molar-refractivity contribution in [1.82, 2.24) is 5.32 Å². The molecule has 3 N–H and O–H groups in total. The van der Waals surface area contributed by atoms with Crippen molar-refractivity contribution in [3.63, 3.8) is 0 Å². The van der Waals surface area contributed by atoms with E-state index in [-0.39, 0.29) is 18.0 Å². The van der Waals surface area contributed by atoms with Gasteiger partial charge in [0.15, 0.2) is 0 Å². The lowest BCUT2D eigenvalue weighted by molar-refractivity contribution is 0.0927. The predicted molar refractivity (Wildman–Crippen MR) is 108 cm³/mol. The number of nitrogens with one attached hydrogen (secondary N) is 3. The molecule has 26 heavy (non-hydrogen) atoms. The van der Waals surface area contributed by atoms with Gasteiger partial charge in [-0.2, -0.15) is 0 Å². The van der Waals surface area contributed by atoms with Crippen molar-refractivity contribution in [3.05, 3.63) is 58.6 Å². The van der Waals surface area contributed by atoms with E-state index in [1.165, 1.54) is 19.3 Å². The number of amides is 3. The molecule has 0 bridgehead atoms. The van der Waals surface area contributed by atoms with Crippen LogP contribution in [0.15, 0.2) is 53.0 Å². The third kappa shape index (κ3) is 5.33. The first-order valence-corrected chi connectivity index (χ1v) is 9.64. The van der Waals surface area contributed by atoms with Crippen molar-refractivity contribution in [2.45, 2.75) is 38.1 Å². The average Bonchev–Trinajstić information content (AvgIpc) is 2.65. The van der Waals surface area contributed by atoms with Crippen LogP contribution < -0.4 is 16.0 Å². The van der Waals surface area contributed by atoms with Crippen LogP contribution in [0.5, 0.6) is 0 Å². The Labute approximate surface area is 161 Å². The summed E-state index contributed by atoms with van der Waals surface area (Å²) in [7, 11) is 0. The maximum atomic E-state index is 12.3. The largest absolute Gasteiger partial charge is 0.349 e. The number of rotatable bonds is 4. The fourth-order valence-electron chi connectivity index (χ4n) is 3.05. The Balaban J connectivity index is 1.52. The van der Waals surface area contributed by atoms with E-state index in [4.69, 9.17) is 0 Å². The summed E-state index contributed by atoms with van der Waals surface area (Å²) in [6.45, 7) is 0. The number of carbonyl (C=O) groups is 2. The van der Waals surface area contributed by atoms with Crippen LogP contribution in [-0.4, -0.2) is 18.0 Å². The van der Waals surface area contributed by atoms with Gasteiger partial charge in [0.1, 0.15) is 0 Å². The molecule has 6 heteroatoms. The van der Waals surface area contributed by atoms with Crippen molar-refractivity contribution in [3.8, 4) is 0 Å². The van der Waals surface area contributed by atoms with Crippen molar-refractivity contribution >= 4 is 39.2 Å². The van der Waals surface area contributed by atoms with Crippen LogP contribution in [0.3, 0.4) is 0 Å². The first kappa shape index (κ1) is 18.5. The van der Waals surface area contributed by atoms with Crippen LogP contribution in [0.25, 0.3) is 0 Å². The molecule has 0 aliphatic heterocycles. The SMILES string of the molecule is O=C(Nc1ccc(Br)cc1)Nc1ccc(C(=O)NC2CCCCC2)cc1. The summed E-state index contributed by atoms with van der Waals surface area (Å²) < 4.78 is 0.950. The molecule has 2 aromatic rings. The molecule has 1 aliphatic carbocycles. The fraction of sp³-hybridized carbons (Fsp3) is 0.300. The summed E-state index contributed by atoms with van der Waals surface area (Å²) in [6.07, 6.45) is 5.74. The molecule has 0 spiro atoms. The van der Waals surface area contributed by atoms with Crippen molar-refractivity contribution < 1.29 is 9.59 Å². The second-order valence-corrected chi connectivity index (χ2v) is 7.39. The number of hydrogen-bond donors (Lipinski definition) is 3. The van der Waals surface area contributed by atoms with Gasteiger partial charge in [-0.1, -0.05) is 35.2 Å². The highest BCUT2D eigenvalue weighted by Crippen LogP contribution is 2.18. The van der Waals surface area contributed by atoms with Crippen LogP contribution >= 0.6 is 15.9 Å². The minimum atomic E-state index is -0.327. The Kier molecular flexibility index (Phi) is 6.28. The molecule has 0 heterocycles. The molecule has 2 aromatic carbocycles. The quantitative estimate of drug-likeness (QED) is 0.645. The molecule has 3 rings (SSSR count). The zero-order chi connectivity index (χ0) is 18.4. The molecule has 0 saturated heterocycles. The van der Waals surface area contributed by atoms with E-state index in [1.54, 1.807) is 24.3 Å². The van der Waals surface area contributed by atoms with E-state index in [9.17, 15) is 9.59 Å². The first-order valence-electron chi connectivity index (χ1n) is 8.85. The summed E-state index contributed by atoms with van der Waals surface area (Å²) >= 11 is 3.35. The van der Waals surface area contributed by atoms with Crippen LogP contribution in [0.1, 0.15) is 42.5 Å². The minimum Gasteiger partial charge on any atom is -0.349 e. The van der Waals surface area contributed by atoms with Gasteiger partial charge < -0.3 is 16.0 Å². The molecule has 1 fully saturated rings. The van der Waals surface area contributed by atoms with E-state index in [2.05, 4.69) is 31.9 Å².